The van der Waals surface area contributed by atoms with Gasteiger partial charge >= 0.3 is 0 Å². The Labute approximate surface area is 233 Å². The number of likely N-dealkylation sites (N-methyl/N-ethyl adjacent to an activating group) is 1. The Balaban J connectivity index is 1.16. The summed E-state index contributed by atoms with van der Waals surface area (Å²) in [5, 5.41) is 22.1. The fraction of sp³-hybridized carbons (Fsp3) is 0.414. The highest BCUT2D eigenvalue weighted by Gasteiger charge is 2.46. The van der Waals surface area contributed by atoms with Crippen molar-refractivity contribution in [1.82, 2.24) is 34.2 Å². The SMILES string of the molecule is CCc1cnn(C2(CC#N)CN(c3cccn4nc(Nc5cccc(CC(=O)N6CCN(C)CC6)c5)nc34)C2)c1. The van der Waals surface area contributed by atoms with E-state index in [1.54, 1.807) is 4.52 Å². The molecule has 2 aliphatic heterocycles. The molecule has 0 unspecified atom stereocenters. The van der Waals surface area contributed by atoms with Crippen molar-refractivity contribution in [3.8, 4) is 6.07 Å². The van der Waals surface area contributed by atoms with E-state index in [1.807, 2.05) is 58.4 Å². The molecule has 1 amide bonds. The molecule has 4 aromatic rings. The van der Waals surface area contributed by atoms with Gasteiger partial charge in [0, 0.05) is 57.3 Å². The largest absolute Gasteiger partial charge is 0.363 e. The maximum atomic E-state index is 12.8. The molecule has 1 N–H and O–H groups in total. The van der Waals surface area contributed by atoms with E-state index in [0.29, 0.717) is 31.9 Å². The lowest BCUT2D eigenvalue weighted by Gasteiger charge is -2.50. The van der Waals surface area contributed by atoms with E-state index in [9.17, 15) is 10.1 Å². The number of benzene rings is 1. The molecule has 3 aromatic heterocycles. The zero-order valence-electron chi connectivity index (χ0n) is 23.0. The predicted molar refractivity (Wildman–Crippen MR) is 153 cm³/mol. The molecule has 5 heterocycles. The number of anilines is 3. The second-order valence-electron chi connectivity index (χ2n) is 10.8. The molecule has 206 valence electrons. The average molecular weight is 539 g/mol. The van der Waals surface area contributed by atoms with E-state index in [2.05, 4.69) is 51.6 Å². The number of aromatic nitrogens is 5. The summed E-state index contributed by atoms with van der Waals surface area (Å²) in [5.41, 5.74) is 4.32. The average Bonchev–Trinajstić information content (AvgIpc) is 3.58. The number of fused-ring (bicyclic) bond motifs is 1. The Morgan fingerprint density at radius 1 is 1.12 bits per heavy atom. The fourth-order valence-electron chi connectivity index (χ4n) is 5.54. The van der Waals surface area contributed by atoms with E-state index in [4.69, 9.17) is 4.98 Å². The van der Waals surface area contributed by atoms with Crippen molar-refractivity contribution in [3.63, 3.8) is 0 Å². The summed E-state index contributed by atoms with van der Waals surface area (Å²) in [5.74, 6) is 0.641. The quantitative estimate of drug-likeness (QED) is 0.365. The van der Waals surface area contributed by atoms with Gasteiger partial charge in [-0.05, 0) is 48.9 Å². The summed E-state index contributed by atoms with van der Waals surface area (Å²) < 4.78 is 3.73. The number of nitrogens with one attached hydrogen (secondary N) is 1. The van der Waals surface area contributed by atoms with Crippen LogP contribution in [0.3, 0.4) is 0 Å². The molecule has 0 aliphatic carbocycles. The molecule has 0 atom stereocenters. The third-order valence-electron chi connectivity index (χ3n) is 7.99. The number of carbonyl (C=O) groups is 1. The molecular formula is C29H34N10O. The Hall–Kier alpha value is -4.43. The highest BCUT2D eigenvalue weighted by Crippen LogP contribution is 2.37. The van der Waals surface area contributed by atoms with Crippen LogP contribution in [0.5, 0.6) is 0 Å². The number of aryl methyl sites for hydroxylation is 1. The van der Waals surface area contributed by atoms with E-state index in [0.717, 1.165) is 55.2 Å². The van der Waals surface area contributed by atoms with Crippen molar-refractivity contribution in [1.29, 1.82) is 5.26 Å². The van der Waals surface area contributed by atoms with Crippen molar-refractivity contribution >= 4 is 28.9 Å². The Morgan fingerprint density at radius 2 is 1.95 bits per heavy atom. The standard InChI is InChI=1S/C29H34N10O/c1-3-22-18-31-39(19-22)29(9-10-30)20-37(21-29)25-8-5-11-38-27(25)33-28(34-38)32-24-7-4-6-23(16-24)17-26(40)36-14-12-35(2)13-15-36/h4-8,11,16,18-19H,3,9,12-15,17,20-21H2,1-2H3,(H,32,34). The van der Waals surface area contributed by atoms with Gasteiger partial charge in [0.05, 0.1) is 30.8 Å². The molecule has 11 heteroatoms. The van der Waals surface area contributed by atoms with Gasteiger partial charge in [-0.1, -0.05) is 19.1 Å². The monoisotopic (exact) mass is 538 g/mol. The first-order chi connectivity index (χ1) is 19.5. The zero-order valence-corrected chi connectivity index (χ0v) is 23.0. The summed E-state index contributed by atoms with van der Waals surface area (Å²) in [6.45, 7) is 6.82. The van der Waals surface area contributed by atoms with Crippen molar-refractivity contribution in [2.24, 2.45) is 0 Å². The van der Waals surface area contributed by atoms with Crippen LogP contribution < -0.4 is 10.2 Å². The topological polar surface area (TPSA) is 111 Å². The van der Waals surface area contributed by atoms with Gasteiger partial charge in [0.15, 0.2) is 5.65 Å². The fourth-order valence-corrected chi connectivity index (χ4v) is 5.54. The summed E-state index contributed by atoms with van der Waals surface area (Å²) in [7, 11) is 2.09. The van der Waals surface area contributed by atoms with Gasteiger partial charge in [-0.15, -0.1) is 5.10 Å². The molecule has 2 aliphatic rings. The molecule has 0 saturated carbocycles. The van der Waals surface area contributed by atoms with Gasteiger partial charge in [0.25, 0.3) is 0 Å². The number of piperazine rings is 1. The number of hydrogen-bond donors (Lipinski definition) is 1. The molecule has 6 rings (SSSR count). The minimum absolute atomic E-state index is 0.156. The van der Waals surface area contributed by atoms with Crippen molar-refractivity contribution in [2.45, 2.75) is 31.7 Å². The van der Waals surface area contributed by atoms with Gasteiger partial charge in [0.2, 0.25) is 11.9 Å². The predicted octanol–water partition coefficient (Wildman–Crippen LogP) is 2.68. The van der Waals surface area contributed by atoms with Crippen LogP contribution in [0.2, 0.25) is 0 Å². The van der Waals surface area contributed by atoms with E-state index in [-0.39, 0.29) is 11.4 Å². The van der Waals surface area contributed by atoms with Gasteiger partial charge < -0.3 is 20.0 Å². The molecule has 40 heavy (non-hydrogen) atoms. The summed E-state index contributed by atoms with van der Waals surface area (Å²) >= 11 is 0. The van der Waals surface area contributed by atoms with Crippen molar-refractivity contribution < 1.29 is 4.79 Å². The lowest BCUT2D eigenvalue weighted by atomic mass is 9.86. The second-order valence-corrected chi connectivity index (χ2v) is 10.8. The number of pyridine rings is 1. The molecule has 2 fully saturated rings. The molecule has 0 spiro atoms. The summed E-state index contributed by atoms with van der Waals surface area (Å²) in [6.07, 6.45) is 7.50. The van der Waals surface area contributed by atoms with Crippen LogP contribution in [0.25, 0.3) is 5.65 Å². The Bertz CT molecular complexity index is 1550. The van der Waals surface area contributed by atoms with Crippen molar-refractivity contribution in [3.05, 3.63) is 66.1 Å². The first-order valence-corrected chi connectivity index (χ1v) is 13.8. The maximum absolute atomic E-state index is 12.8. The summed E-state index contributed by atoms with van der Waals surface area (Å²) in [4.78, 5) is 24.0. The first-order valence-electron chi connectivity index (χ1n) is 13.8. The van der Waals surface area contributed by atoms with E-state index < -0.39 is 0 Å². The third kappa shape index (κ3) is 4.98. The molecule has 0 bridgehead atoms. The smallest absolute Gasteiger partial charge is 0.247 e. The maximum Gasteiger partial charge on any atom is 0.247 e. The molecule has 1 aromatic carbocycles. The second kappa shape index (κ2) is 10.6. The van der Waals surface area contributed by atoms with Gasteiger partial charge in [-0.3, -0.25) is 9.48 Å². The van der Waals surface area contributed by atoms with Crippen LogP contribution in [0.4, 0.5) is 17.3 Å². The molecule has 0 radical (unpaired) electrons. The highest BCUT2D eigenvalue weighted by atomic mass is 16.2. The number of rotatable bonds is 8. The molecule has 2 saturated heterocycles. The number of nitrogens with zero attached hydrogens (tertiary/aromatic N) is 9. The van der Waals surface area contributed by atoms with Crippen LogP contribution >= 0.6 is 0 Å². The number of nitriles is 1. The summed E-state index contributed by atoms with van der Waals surface area (Å²) in [6, 6.07) is 14.2. The molecular weight excluding hydrogens is 504 g/mol. The van der Waals surface area contributed by atoms with E-state index in [1.165, 1.54) is 5.56 Å². The van der Waals surface area contributed by atoms with Crippen LogP contribution in [-0.2, 0) is 23.2 Å². The number of carbonyl (C=O) groups excluding carboxylic acids is 1. The van der Waals surface area contributed by atoms with Crippen LogP contribution in [0.1, 0.15) is 24.5 Å². The Morgan fingerprint density at radius 3 is 2.70 bits per heavy atom. The first kappa shape index (κ1) is 25.8. The number of hydrogen-bond acceptors (Lipinski definition) is 8. The van der Waals surface area contributed by atoms with Gasteiger partial charge in [-0.25, -0.2) is 4.52 Å². The minimum atomic E-state index is -0.349. The Kier molecular flexibility index (Phi) is 6.86. The number of amides is 1. The molecule has 11 nitrogen and oxygen atoms in total. The third-order valence-corrected chi connectivity index (χ3v) is 7.99. The normalized spacial score (nSPS) is 17.0. The lowest BCUT2D eigenvalue weighted by Crippen LogP contribution is -2.63. The van der Waals surface area contributed by atoms with Crippen LogP contribution in [0.15, 0.2) is 55.0 Å². The van der Waals surface area contributed by atoms with Crippen molar-refractivity contribution in [2.75, 3.05) is 56.5 Å². The highest BCUT2D eigenvalue weighted by molar-refractivity contribution is 5.79. The van der Waals surface area contributed by atoms with Crippen LogP contribution in [0, 0.1) is 11.3 Å². The zero-order chi connectivity index (χ0) is 27.7. The minimum Gasteiger partial charge on any atom is -0.363 e. The van der Waals surface area contributed by atoms with Gasteiger partial charge in [0.1, 0.15) is 5.54 Å². The van der Waals surface area contributed by atoms with Crippen LogP contribution in [-0.4, -0.2) is 86.4 Å². The lowest BCUT2D eigenvalue weighted by molar-refractivity contribution is -0.132. The van der Waals surface area contributed by atoms with Gasteiger partial charge in [-0.2, -0.15) is 15.3 Å². The van der Waals surface area contributed by atoms with E-state index >= 15 is 0 Å².